The number of anilines is 1. The number of hydrogen-bond donors (Lipinski definition) is 2. The van der Waals surface area contributed by atoms with Crippen LogP contribution in [0.2, 0.25) is 0 Å². The Hall–Kier alpha value is -3.01. The third-order valence-electron chi connectivity index (χ3n) is 4.47. The van der Waals surface area contributed by atoms with Crippen molar-refractivity contribution in [3.63, 3.8) is 0 Å². The molecule has 0 aliphatic carbocycles. The lowest BCUT2D eigenvalue weighted by Crippen LogP contribution is -2.24. The van der Waals surface area contributed by atoms with Gasteiger partial charge < -0.3 is 14.6 Å². The SMILES string of the molecule is Cc1ccc(S(=O)(=O)Nc2ccc(F)c(F)c2OCC(O)COCc2ccccc2)cc1. The summed E-state index contributed by atoms with van der Waals surface area (Å²) in [5, 5.41) is 10.1. The Balaban J connectivity index is 1.67. The summed E-state index contributed by atoms with van der Waals surface area (Å²) in [4.78, 5) is -0.0480. The van der Waals surface area contributed by atoms with Crippen molar-refractivity contribution in [3.05, 3.63) is 89.5 Å². The van der Waals surface area contributed by atoms with E-state index in [2.05, 4.69) is 4.72 Å². The van der Waals surface area contributed by atoms with E-state index in [0.29, 0.717) is 0 Å². The van der Waals surface area contributed by atoms with Crippen molar-refractivity contribution in [1.29, 1.82) is 0 Å². The summed E-state index contributed by atoms with van der Waals surface area (Å²) < 4.78 is 66.2. The van der Waals surface area contributed by atoms with E-state index in [9.17, 15) is 22.3 Å². The summed E-state index contributed by atoms with van der Waals surface area (Å²) in [6, 6.07) is 17.1. The highest BCUT2D eigenvalue weighted by Crippen LogP contribution is 2.32. The number of aryl methyl sites for hydroxylation is 1. The Labute approximate surface area is 185 Å². The first-order chi connectivity index (χ1) is 15.3. The Kier molecular flexibility index (Phi) is 7.79. The molecule has 0 aromatic heterocycles. The number of aliphatic hydroxyl groups excluding tert-OH is 1. The molecule has 0 saturated heterocycles. The number of sulfonamides is 1. The van der Waals surface area contributed by atoms with Gasteiger partial charge in [0.25, 0.3) is 10.0 Å². The Morgan fingerprint density at radius 1 is 0.969 bits per heavy atom. The van der Waals surface area contributed by atoms with Crippen LogP contribution < -0.4 is 9.46 Å². The normalized spacial score (nSPS) is 12.4. The minimum atomic E-state index is -4.07. The number of rotatable bonds is 10. The van der Waals surface area contributed by atoms with E-state index in [0.717, 1.165) is 23.3 Å². The quantitative estimate of drug-likeness (QED) is 0.474. The molecule has 3 aromatic rings. The third-order valence-corrected chi connectivity index (χ3v) is 5.85. The average molecular weight is 464 g/mol. The highest BCUT2D eigenvalue weighted by Gasteiger charge is 2.22. The van der Waals surface area contributed by atoms with Crippen LogP contribution in [0, 0.1) is 18.6 Å². The maximum absolute atomic E-state index is 14.4. The van der Waals surface area contributed by atoms with Gasteiger partial charge in [0, 0.05) is 0 Å². The Morgan fingerprint density at radius 2 is 1.66 bits per heavy atom. The molecule has 0 aliphatic heterocycles. The zero-order chi connectivity index (χ0) is 23.1. The molecule has 32 heavy (non-hydrogen) atoms. The van der Waals surface area contributed by atoms with Crippen LogP contribution in [0.5, 0.6) is 5.75 Å². The molecule has 1 unspecified atom stereocenters. The summed E-state index contributed by atoms with van der Waals surface area (Å²) in [7, 11) is -4.07. The van der Waals surface area contributed by atoms with Gasteiger partial charge in [0.05, 0.1) is 23.8 Å². The lowest BCUT2D eigenvalue weighted by molar-refractivity contribution is 0.00489. The van der Waals surface area contributed by atoms with E-state index in [-0.39, 0.29) is 23.8 Å². The summed E-state index contributed by atoms with van der Waals surface area (Å²) in [6.45, 7) is 1.51. The van der Waals surface area contributed by atoms with Crippen LogP contribution in [-0.4, -0.2) is 32.8 Å². The first-order valence-corrected chi connectivity index (χ1v) is 11.2. The Bertz CT molecular complexity index is 1140. The molecule has 3 aromatic carbocycles. The van der Waals surface area contributed by atoms with E-state index < -0.39 is 40.1 Å². The third kappa shape index (κ3) is 6.25. The van der Waals surface area contributed by atoms with E-state index in [1.54, 1.807) is 19.1 Å². The molecular weight excluding hydrogens is 440 g/mol. The molecule has 0 aliphatic rings. The maximum Gasteiger partial charge on any atom is 0.262 e. The molecule has 2 N–H and O–H groups in total. The molecule has 0 fully saturated rings. The smallest absolute Gasteiger partial charge is 0.262 e. The summed E-state index contributed by atoms with van der Waals surface area (Å²) in [6.07, 6.45) is -1.15. The summed E-state index contributed by atoms with van der Waals surface area (Å²) in [5.74, 6) is -3.23. The van der Waals surface area contributed by atoms with Crippen LogP contribution in [-0.2, 0) is 21.4 Å². The van der Waals surface area contributed by atoms with Crippen molar-refractivity contribution in [1.82, 2.24) is 0 Å². The van der Waals surface area contributed by atoms with Gasteiger partial charge >= 0.3 is 0 Å². The van der Waals surface area contributed by atoms with Gasteiger partial charge in [-0.1, -0.05) is 48.0 Å². The van der Waals surface area contributed by atoms with Gasteiger partial charge in [-0.3, -0.25) is 4.72 Å². The van der Waals surface area contributed by atoms with Crippen molar-refractivity contribution in [3.8, 4) is 5.75 Å². The Morgan fingerprint density at radius 3 is 2.34 bits per heavy atom. The van der Waals surface area contributed by atoms with Crippen molar-refractivity contribution in [2.24, 2.45) is 0 Å². The van der Waals surface area contributed by atoms with E-state index in [1.165, 1.54) is 12.1 Å². The van der Waals surface area contributed by atoms with Gasteiger partial charge in [0.1, 0.15) is 12.7 Å². The zero-order valence-corrected chi connectivity index (χ0v) is 18.1. The van der Waals surface area contributed by atoms with Crippen LogP contribution in [0.1, 0.15) is 11.1 Å². The van der Waals surface area contributed by atoms with Gasteiger partial charge in [-0.2, -0.15) is 4.39 Å². The molecule has 0 radical (unpaired) electrons. The monoisotopic (exact) mass is 463 g/mol. The zero-order valence-electron chi connectivity index (χ0n) is 17.3. The van der Waals surface area contributed by atoms with Crippen molar-refractivity contribution >= 4 is 15.7 Å². The minimum Gasteiger partial charge on any atom is -0.485 e. The fourth-order valence-corrected chi connectivity index (χ4v) is 3.85. The van der Waals surface area contributed by atoms with Crippen LogP contribution in [0.3, 0.4) is 0 Å². The van der Waals surface area contributed by atoms with Gasteiger partial charge in [-0.15, -0.1) is 0 Å². The standard InChI is InChI=1S/C23H23F2NO5S/c1-16-7-9-19(10-8-16)32(28,29)26-21-12-11-20(24)22(25)23(21)31-15-18(27)14-30-13-17-5-3-2-4-6-17/h2-12,18,26-27H,13-15H2,1H3. The topological polar surface area (TPSA) is 84.9 Å². The van der Waals surface area contributed by atoms with Crippen LogP contribution in [0.15, 0.2) is 71.6 Å². The second-order valence-electron chi connectivity index (χ2n) is 7.12. The largest absolute Gasteiger partial charge is 0.485 e. The number of hydrogen-bond acceptors (Lipinski definition) is 5. The predicted molar refractivity (Wildman–Crippen MR) is 116 cm³/mol. The molecule has 3 rings (SSSR count). The predicted octanol–water partition coefficient (Wildman–Crippen LogP) is 4.03. The molecule has 0 spiro atoms. The van der Waals surface area contributed by atoms with Gasteiger partial charge in [-0.05, 0) is 36.8 Å². The number of benzene rings is 3. The van der Waals surface area contributed by atoms with Crippen molar-refractivity contribution < 1.29 is 31.8 Å². The number of halogens is 2. The molecule has 0 saturated carbocycles. The lowest BCUT2D eigenvalue weighted by Gasteiger charge is -2.17. The van der Waals surface area contributed by atoms with E-state index >= 15 is 0 Å². The molecule has 1 atom stereocenters. The number of aliphatic hydroxyl groups is 1. The highest BCUT2D eigenvalue weighted by atomic mass is 32.2. The summed E-state index contributed by atoms with van der Waals surface area (Å²) in [5.41, 5.74) is 1.48. The van der Waals surface area contributed by atoms with Crippen LogP contribution >= 0.6 is 0 Å². The van der Waals surface area contributed by atoms with Crippen molar-refractivity contribution in [2.75, 3.05) is 17.9 Å². The lowest BCUT2D eigenvalue weighted by atomic mass is 10.2. The van der Waals surface area contributed by atoms with Gasteiger partial charge in [0.15, 0.2) is 11.6 Å². The molecule has 9 heteroatoms. The fourth-order valence-electron chi connectivity index (χ4n) is 2.79. The number of nitrogens with one attached hydrogen (secondary N) is 1. The van der Waals surface area contributed by atoms with E-state index in [4.69, 9.17) is 9.47 Å². The molecule has 6 nitrogen and oxygen atoms in total. The van der Waals surface area contributed by atoms with Crippen LogP contribution in [0.25, 0.3) is 0 Å². The molecule has 0 bridgehead atoms. The van der Waals surface area contributed by atoms with Crippen LogP contribution in [0.4, 0.5) is 14.5 Å². The van der Waals surface area contributed by atoms with E-state index in [1.807, 2.05) is 30.3 Å². The van der Waals surface area contributed by atoms with Gasteiger partial charge in [0.2, 0.25) is 5.82 Å². The second-order valence-corrected chi connectivity index (χ2v) is 8.80. The second kappa shape index (κ2) is 10.5. The first kappa shape index (κ1) is 23.6. The van der Waals surface area contributed by atoms with Gasteiger partial charge in [-0.25, -0.2) is 12.8 Å². The maximum atomic E-state index is 14.4. The average Bonchev–Trinajstić information content (AvgIpc) is 2.77. The fraction of sp³-hybridized carbons (Fsp3) is 0.217. The number of ether oxygens (including phenoxy) is 2. The van der Waals surface area contributed by atoms with Crippen molar-refractivity contribution in [2.45, 2.75) is 24.5 Å². The minimum absolute atomic E-state index is 0.0480. The molecule has 0 amide bonds. The summed E-state index contributed by atoms with van der Waals surface area (Å²) >= 11 is 0. The highest BCUT2D eigenvalue weighted by molar-refractivity contribution is 7.92. The molecular formula is C23H23F2NO5S. The molecule has 0 heterocycles. The molecule has 170 valence electrons. The first-order valence-electron chi connectivity index (χ1n) is 9.76.